The number of ether oxygens (including phenoxy) is 2. The van der Waals surface area contributed by atoms with Gasteiger partial charge in [0.2, 0.25) is 5.91 Å². The molecule has 5 rings (SSSR count). The van der Waals surface area contributed by atoms with Crippen LogP contribution in [0.5, 0.6) is 11.5 Å². The molecule has 2 aromatic heterocycles. The molecule has 1 fully saturated rings. The third-order valence-electron chi connectivity index (χ3n) is 6.65. The van der Waals surface area contributed by atoms with E-state index in [1.54, 1.807) is 19.4 Å². The fourth-order valence-electron chi connectivity index (χ4n) is 4.70. The number of rotatable bonds is 4. The number of hydrogen-bond donors (Lipinski definition) is 1. The van der Waals surface area contributed by atoms with Crippen LogP contribution in [0.3, 0.4) is 0 Å². The van der Waals surface area contributed by atoms with Gasteiger partial charge in [-0.25, -0.2) is 4.98 Å². The van der Waals surface area contributed by atoms with Crippen LogP contribution in [0.4, 0.5) is 5.82 Å². The molecule has 33 heavy (non-hydrogen) atoms. The van der Waals surface area contributed by atoms with Gasteiger partial charge in [-0.3, -0.25) is 9.78 Å². The molecule has 7 nitrogen and oxygen atoms in total. The molecule has 1 aromatic carbocycles. The van der Waals surface area contributed by atoms with Crippen molar-refractivity contribution >= 4 is 11.7 Å². The van der Waals surface area contributed by atoms with E-state index in [1.165, 1.54) is 0 Å². The van der Waals surface area contributed by atoms with Gasteiger partial charge in [-0.2, -0.15) is 0 Å². The van der Waals surface area contributed by atoms with Gasteiger partial charge in [0.25, 0.3) is 0 Å². The molecular weight excluding hydrogens is 416 g/mol. The Hall–Kier alpha value is -3.61. The molecule has 0 radical (unpaired) electrons. The van der Waals surface area contributed by atoms with E-state index in [4.69, 9.17) is 20.2 Å². The number of methoxy groups -OCH3 is 1. The minimum atomic E-state index is -0.146. The zero-order valence-electron chi connectivity index (χ0n) is 18.7. The van der Waals surface area contributed by atoms with Crippen LogP contribution in [0.1, 0.15) is 30.0 Å². The molecule has 0 bridgehead atoms. The fraction of sp³-hybridized carbons (Fsp3) is 0.346. The number of fused-ring (bicyclic) bond motifs is 1. The van der Waals surface area contributed by atoms with E-state index in [9.17, 15) is 4.79 Å². The molecule has 1 amide bonds. The quantitative estimate of drug-likeness (QED) is 0.660. The molecular formula is C26H28N4O3. The maximum atomic E-state index is 13.2. The van der Waals surface area contributed by atoms with E-state index in [-0.39, 0.29) is 11.8 Å². The first kappa shape index (κ1) is 21.2. The van der Waals surface area contributed by atoms with E-state index >= 15 is 0 Å². The molecule has 1 saturated heterocycles. The van der Waals surface area contributed by atoms with Crippen LogP contribution in [-0.4, -0.2) is 47.6 Å². The van der Waals surface area contributed by atoms with E-state index in [2.05, 4.69) is 17.1 Å². The summed E-state index contributed by atoms with van der Waals surface area (Å²) in [4.78, 5) is 24.0. The molecule has 1 atom stereocenters. The maximum Gasteiger partial charge on any atom is 0.229 e. The Morgan fingerprint density at radius 1 is 1.06 bits per heavy atom. The highest BCUT2D eigenvalue weighted by Gasteiger charge is 2.32. The summed E-state index contributed by atoms with van der Waals surface area (Å²) in [5.74, 6) is 2.54. The van der Waals surface area contributed by atoms with Gasteiger partial charge in [0.1, 0.15) is 23.9 Å². The van der Waals surface area contributed by atoms with Gasteiger partial charge in [-0.05, 0) is 61.2 Å². The largest absolute Gasteiger partial charge is 0.497 e. The highest BCUT2D eigenvalue weighted by atomic mass is 16.5. The summed E-state index contributed by atoms with van der Waals surface area (Å²) in [5.41, 5.74) is 9.81. The second-order valence-electron chi connectivity index (χ2n) is 8.73. The Morgan fingerprint density at radius 3 is 2.48 bits per heavy atom. The molecule has 2 aliphatic rings. The predicted octanol–water partition coefficient (Wildman–Crippen LogP) is 3.69. The molecule has 0 saturated carbocycles. The lowest BCUT2D eigenvalue weighted by Crippen LogP contribution is -2.44. The summed E-state index contributed by atoms with van der Waals surface area (Å²) in [5, 5.41) is 0. The normalized spacial score (nSPS) is 18.3. The topological polar surface area (TPSA) is 90.6 Å². The van der Waals surface area contributed by atoms with Crippen molar-refractivity contribution in [3.63, 3.8) is 0 Å². The summed E-state index contributed by atoms with van der Waals surface area (Å²) in [6.45, 7) is 1.92. The van der Waals surface area contributed by atoms with Gasteiger partial charge in [-0.15, -0.1) is 0 Å². The van der Waals surface area contributed by atoms with Crippen molar-refractivity contribution in [2.75, 3.05) is 32.5 Å². The number of benzene rings is 1. The van der Waals surface area contributed by atoms with Gasteiger partial charge in [0.05, 0.1) is 13.0 Å². The van der Waals surface area contributed by atoms with E-state index in [1.807, 2.05) is 35.4 Å². The van der Waals surface area contributed by atoms with Crippen molar-refractivity contribution in [3.05, 3.63) is 66.1 Å². The summed E-state index contributed by atoms with van der Waals surface area (Å²) in [6, 6.07) is 13.7. The fourth-order valence-corrected chi connectivity index (χ4v) is 4.70. The van der Waals surface area contributed by atoms with E-state index < -0.39 is 0 Å². The first-order valence-electron chi connectivity index (χ1n) is 11.4. The molecule has 0 aliphatic carbocycles. The third-order valence-corrected chi connectivity index (χ3v) is 6.65. The second-order valence-corrected chi connectivity index (χ2v) is 8.73. The number of pyridine rings is 2. The first-order valence-corrected chi connectivity index (χ1v) is 11.4. The van der Waals surface area contributed by atoms with Gasteiger partial charge in [0.15, 0.2) is 0 Å². The zero-order chi connectivity index (χ0) is 22.8. The van der Waals surface area contributed by atoms with Crippen molar-refractivity contribution in [2.45, 2.75) is 25.2 Å². The number of anilines is 1. The van der Waals surface area contributed by atoms with Crippen LogP contribution in [0.15, 0.2) is 54.9 Å². The number of nitrogens with two attached hydrogens (primary N) is 1. The number of carbonyl (C=O) groups is 1. The number of piperidine rings is 1. The lowest BCUT2D eigenvalue weighted by atomic mass is 9.90. The Bertz CT molecular complexity index is 1120. The van der Waals surface area contributed by atoms with E-state index in [0.717, 1.165) is 59.8 Å². The number of aromatic nitrogens is 2. The number of carbonyl (C=O) groups excluding carboxylic acids is 1. The number of nitrogens with zero attached hydrogens (tertiary/aromatic N) is 3. The first-order chi connectivity index (χ1) is 16.1. The number of hydrogen-bond acceptors (Lipinski definition) is 6. The summed E-state index contributed by atoms with van der Waals surface area (Å²) < 4.78 is 11.2. The van der Waals surface area contributed by atoms with Gasteiger partial charge in [-0.1, -0.05) is 6.07 Å². The molecule has 3 aromatic rings. The number of nitrogen functional groups attached to an aromatic ring is 1. The highest BCUT2D eigenvalue weighted by Crippen LogP contribution is 2.33. The molecule has 0 spiro atoms. The van der Waals surface area contributed by atoms with Crippen molar-refractivity contribution in [2.24, 2.45) is 5.92 Å². The molecule has 170 valence electrons. The standard InChI is InChI=1S/C26H28N4O3/c1-32-22-4-6-24-20(13-22)12-21(16-33-24)26(31)30-10-8-17(9-11-30)23-5-2-18(14-28-23)19-3-7-25(27)29-15-19/h2-7,13-15,17,21H,8-12,16H2,1H3,(H2,27,29)/t21-/m1/s1. The van der Waals surface area contributed by atoms with Gasteiger partial charge >= 0.3 is 0 Å². The molecule has 0 unspecified atom stereocenters. The number of amides is 1. The zero-order valence-corrected chi connectivity index (χ0v) is 18.7. The predicted molar refractivity (Wildman–Crippen MR) is 126 cm³/mol. The smallest absolute Gasteiger partial charge is 0.229 e. The van der Waals surface area contributed by atoms with Crippen LogP contribution >= 0.6 is 0 Å². The lowest BCUT2D eigenvalue weighted by molar-refractivity contribution is -0.138. The molecule has 7 heteroatoms. The minimum absolute atomic E-state index is 0.146. The van der Waals surface area contributed by atoms with Crippen LogP contribution in [0.25, 0.3) is 11.1 Å². The van der Waals surface area contributed by atoms with Gasteiger partial charge in [0, 0.05) is 48.2 Å². The Morgan fingerprint density at radius 2 is 1.82 bits per heavy atom. The monoisotopic (exact) mass is 444 g/mol. The maximum absolute atomic E-state index is 13.2. The number of likely N-dealkylation sites (tertiary alicyclic amines) is 1. The van der Waals surface area contributed by atoms with Crippen molar-refractivity contribution in [1.82, 2.24) is 14.9 Å². The minimum Gasteiger partial charge on any atom is -0.497 e. The second kappa shape index (κ2) is 9.10. The van der Waals surface area contributed by atoms with Crippen molar-refractivity contribution in [3.8, 4) is 22.6 Å². The summed E-state index contributed by atoms with van der Waals surface area (Å²) in [6.07, 6.45) is 6.18. The average Bonchev–Trinajstić information content (AvgIpc) is 2.88. The van der Waals surface area contributed by atoms with Crippen LogP contribution in [0, 0.1) is 5.92 Å². The molecule has 2 N–H and O–H groups in total. The summed E-state index contributed by atoms with van der Waals surface area (Å²) >= 11 is 0. The van der Waals surface area contributed by atoms with Crippen LogP contribution in [0.2, 0.25) is 0 Å². The highest BCUT2D eigenvalue weighted by molar-refractivity contribution is 5.80. The van der Waals surface area contributed by atoms with E-state index in [0.29, 0.717) is 24.8 Å². The molecule has 4 heterocycles. The Labute approximate surface area is 193 Å². The Balaban J connectivity index is 1.18. The molecule has 2 aliphatic heterocycles. The van der Waals surface area contributed by atoms with Crippen molar-refractivity contribution in [1.29, 1.82) is 0 Å². The van der Waals surface area contributed by atoms with Crippen LogP contribution < -0.4 is 15.2 Å². The average molecular weight is 445 g/mol. The van der Waals surface area contributed by atoms with Gasteiger partial charge < -0.3 is 20.1 Å². The summed E-state index contributed by atoms with van der Waals surface area (Å²) in [7, 11) is 1.65. The van der Waals surface area contributed by atoms with Crippen molar-refractivity contribution < 1.29 is 14.3 Å². The lowest BCUT2D eigenvalue weighted by Gasteiger charge is -2.35. The van der Waals surface area contributed by atoms with Crippen LogP contribution in [-0.2, 0) is 11.2 Å². The Kier molecular flexibility index (Phi) is 5.86. The SMILES string of the molecule is COc1ccc2c(c1)C[C@@H](C(=O)N1CCC(c3ccc(-c4ccc(N)nc4)cn3)CC1)CO2. The third kappa shape index (κ3) is 4.49.